The molecule has 2 atom stereocenters. The van der Waals surface area contributed by atoms with Gasteiger partial charge < -0.3 is 0 Å². The molecular formula is C20H18N4O6S2. The van der Waals surface area contributed by atoms with E-state index in [0.29, 0.717) is 0 Å². The van der Waals surface area contributed by atoms with Crippen LogP contribution in [0.2, 0.25) is 0 Å². The molecule has 1 aliphatic rings. The zero-order valence-corrected chi connectivity index (χ0v) is 18.0. The van der Waals surface area contributed by atoms with Crippen LogP contribution in [0.5, 0.6) is 0 Å². The first-order chi connectivity index (χ1) is 15.1. The number of hydrogen-bond acceptors (Lipinski definition) is 8. The maximum Gasteiger partial charge on any atom is 0.311 e. The second-order valence-electron chi connectivity index (χ2n) is 6.96. The molecule has 2 heterocycles. The number of hydrogen-bond donors (Lipinski definition) is 4. The Bertz CT molecular complexity index is 1370. The number of nitrogens with one attached hydrogen (secondary N) is 2. The molecule has 0 saturated heterocycles. The summed E-state index contributed by atoms with van der Waals surface area (Å²) >= 11 is 0. The lowest BCUT2D eigenvalue weighted by molar-refractivity contribution is 0.272. The van der Waals surface area contributed by atoms with Crippen LogP contribution in [0, 0.1) is 0 Å². The molecule has 0 fully saturated rings. The molecule has 0 amide bonds. The minimum absolute atomic E-state index is 0.0319. The summed E-state index contributed by atoms with van der Waals surface area (Å²) in [5, 5.41) is 6.54. The van der Waals surface area contributed by atoms with Crippen LogP contribution in [-0.2, 0) is 30.1 Å². The lowest BCUT2D eigenvalue weighted by atomic mass is 9.94. The Morgan fingerprint density at radius 3 is 1.88 bits per heavy atom. The van der Waals surface area contributed by atoms with Gasteiger partial charge in [0.15, 0.2) is 0 Å². The zero-order chi connectivity index (χ0) is 23.0. The van der Waals surface area contributed by atoms with Gasteiger partial charge in [-0.05, 0) is 17.7 Å². The quantitative estimate of drug-likeness (QED) is 0.401. The van der Waals surface area contributed by atoms with Gasteiger partial charge in [-0.3, -0.25) is 19.5 Å². The molecular weight excluding hydrogens is 456 g/mol. The van der Waals surface area contributed by atoms with Gasteiger partial charge >= 0.3 is 10.1 Å². The largest absolute Gasteiger partial charge is 0.311 e. The fourth-order valence-electron chi connectivity index (χ4n) is 3.58. The molecule has 0 radical (unpaired) electrons. The minimum atomic E-state index is -5.16. The minimum Gasteiger partial charge on any atom is -0.284 e. The smallest absolute Gasteiger partial charge is 0.284 e. The Kier molecular flexibility index (Phi) is 5.35. The van der Waals surface area contributed by atoms with Gasteiger partial charge in [0.1, 0.15) is 11.4 Å². The third kappa shape index (κ3) is 3.38. The maximum absolute atomic E-state index is 13.0. The van der Waals surface area contributed by atoms with Crippen LogP contribution in [0.4, 0.5) is 0 Å². The average molecular weight is 475 g/mol. The van der Waals surface area contributed by atoms with E-state index in [1.165, 1.54) is 48.7 Å². The zero-order valence-electron chi connectivity index (χ0n) is 16.3. The highest BCUT2D eigenvalue weighted by Gasteiger charge is 2.62. The third-order valence-electron chi connectivity index (χ3n) is 5.04. The van der Waals surface area contributed by atoms with E-state index >= 15 is 0 Å². The van der Waals surface area contributed by atoms with Crippen LogP contribution in [0.3, 0.4) is 0 Å². The SMILES string of the molecule is O=S(=O)(O)C1(c2ccccn2)NN=C(c2ccccc2)C(c2ccccc2)(S(=O)(=O)O)N1. The van der Waals surface area contributed by atoms with Gasteiger partial charge in [0.2, 0.25) is 4.87 Å². The summed E-state index contributed by atoms with van der Waals surface area (Å²) in [6.07, 6.45) is 1.26. The molecule has 166 valence electrons. The second-order valence-corrected chi connectivity index (χ2v) is 10.1. The van der Waals surface area contributed by atoms with Crippen LogP contribution >= 0.6 is 0 Å². The summed E-state index contributed by atoms with van der Waals surface area (Å²) in [4.78, 5) is -1.32. The van der Waals surface area contributed by atoms with E-state index in [-0.39, 0.29) is 22.5 Å². The lowest BCUT2D eigenvalue weighted by Gasteiger charge is -2.44. The van der Waals surface area contributed by atoms with Crippen molar-refractivity contribution >= 4 is 25.9 Å². The number of rotatable bonds is 5. The molecule has 0 aliphatic carbocycles. The summed E-state index contributed by atoms with van der Waals surface area (Å²) in [6, 6.07) is 19.7. The van der Waals surface area contributed by atoms with Crippen molar-refractivity contribution < 1.29 is 25.9 Å². The highest BCUT2D eigenvalue weighted by Crippen LogP contribution is 2.40. The van der Waals surface area contributed by atoms with Gasteiger partial charge in [-0.25, -0.2) is 5.32 Å². The van der Waals surface area contributed by atoms with Gasteiger partial charge in [0.05, 0.1) is 0 Å². The van der Waals surface area contributed by atoms with Crippen LogP contribution in [-0.4, -0.2) is 36.6 Å². The van der Waals surface area contributed by atoms with Crippen molar-refractivity contribution in [2.75, 3.05) is 0 Å². The fraction of sp³-hybridized carbons (Fsp3) is 0.100. The van der Waals surface area contributed by atoms with Crippen LogP contribution in [0.1, 0.15) is 16.8 Å². The molecule has 0 spiro atoms. The molecule has 1 aromatic heterocycles. The van der Waals surface area contributed by atoms with Crippen molar-refractivity contribution in [2.24, 2.45) is 5.10 Å². The summed E-state index contributed by atoms with van der Waals surface area (Å²) < 4.78 is 72.1. The first kappa shape index (κ1) is 22.0. The number of hydrazone groups is 1. The van der Waals surface area contributed by atoms with E-state index < -0.39 is 30.1 Å². The summed E-state index contributed by atoms with van der Waals surface area (Å²) in [7, 11) is -10.3. The van der Waals surface area contributed by atoms with Crippen molar-refractivity contribution in [3.05, 3.63) is 102 Å². The van der Waals surface area contributed by atoms with Gasteiger partial charge in [0.25, 0.3) is 15.1 Å². The van der Waals surface area contributed by atoms with Crippen molar-refractivity contribution in [3.8, 4) is 0 Å². The molecule has 12 heteroatoms. The predicted octanol–water partition coefficient (Wildman–Crippen LogP) is 1.42. The molecule has 0 bridgehead atoms. The van der Waals surface area contributed by atoms with Crippen molar-refractivity contribution in [1.29, 1.82) is 0 Å². The molecule has 0 saturated carbocycles. The molecule has 1 aliphatic heterocycles. The Hall–Kier alpha value is -3.16. The summed E-state index contributed by atoms with van der Waals surface area (Å²) in [6.45, 7) is 0. The van der Waals surface area contributed by atoms with Gasteiger partial charge in [-0.2, -0.15) is 21.9 Å². The lowest BCUT2D eigenvalue weighted by Crippen LogP contribution is -2.72. The molecule has 4 rings (SSSR count). The van der Waals surface area contributed by atoms with E-state index in [2.05, 4.69) is 20.8 Å². The molecule has 4 N–H and O–H groups in total. The number of nitrogens with zero attached hydrogens (tertiary/aromatic N) is 2. The molecule has 32 heavy (non-hydrogen) atoms. The van der Waals surface area contributed by atoms with E-state index in [9.17, 15) is 25.9 Å². The van der Waals surface area contributed by atoms with Gasteiger partial charge in [-0.1, -0.05) is 66.7 Å². The topological polar surface area (TPSA) is 158 Å². The highest BCUT2D eigenvalue weighted by atomic mass is 32.2. The van der Waals surface area contributed by atoms with Crippen molar-refractivity contribution in [3.63, 3.8) is 0 Å². The Morgan fingerprint density at radius 2 is 1.34 bits per heavy atom. The van der Waals surface area contributed by atoms with Crippen molar-refractivity contribution in [2.45, 2.75) is 9.87 Å². The first-order valence-corrected chi connectivity index (χ1v) is 12.1. The second kappa shape index (κ2) is 7.76. The monoisotopic (exact) mass is 474 g/mol. The normalized spacial score (nSPS) is 23.8. The standard InChI is InChI=1S/C20H18N4O6S2/c25-31(26,27)19(16-11-5-2-6-12-16)18(15-9-3-1-4-10-15)22-24-20(23-19,32(28,29)30)17-13-7-8-14-21-17/h1-14,23-24H,(H,25,26,27)(H,28,29,30). The highest BCUT2D eigenvalue weighted by molar-refractivity contribution is 7.88. The summed E-state index contributed by atoms with van der Waals surface area (Å²) in [5.41, 5.74) is 2.06. The van der Waals surface area contributed by atoms with Crippen LogP contribution in [0.25, 0.3) is 0 Å². The first-order valence-electron chi connectivity index (χ1n) is 9.23. The van der Waals surface area contributed by atoms with Crippen molar-refractivity contribution in [1.82, 2.24) is 15.7 Å². The fourth-order valence-corrected chi connectivity index (χ4v) is 5.59. The Morgan fingerprint density at radius 1 is 0.750 bits per heavy atom. The van der Waals surface area contributed by atoms with E-state index in [4.69, 9.17) is 0 Å². The molecule has 2 unspecified atom stereocenters. The average Bonchev–Trinajstić information content (AvgIpc) is 2.79. The predicted molar refractivity (Wildman–Crippen MR) is 116 cm³/mol. The molecule has 2 aromatic carbocycles. The van der Waals surface area contributed by atoms with Gasteiger partial charge in [0, 0.05) is 11.8 Å². The Labute approximate surface area is 184 Å². The van der Waals surface area contributed by atoms with Crippen LogP contribution in [0.15, 0.2) is 90.2 Å². The van der Waals surface area contributed by atoms with Gasteiger partial charge in [-0.15, -0.1) is 0 Å². The van der Waals surface area contributed by atoms with E-state index in [0.717, 1.165) is 0 Å². The maximum atomic E-state index is 13.0. The molecule has 10 nitrogen and oxygen atoms in total. The number of aromatic nitrogens is 1. The van der Waals surface area contributed by atoms with Crippen LogP contribution < -0.4 is 10.7 Å². The summed E-state index contributed by atoms with van der Waals surface area (Å²) in [5.74, 6) is 0. The Balaban J connectivity index is 2.13. The number of benzene rings is 2. The van der Waals surface area contributed by atoms with E-state index in [1.807, 2.05) is 0 Å². The third-order valence-corrected chi connectivity index (χ3v) is 7.52. The number of pyridine rings is 1. The molecule has 3 aromatic rings. The van der Waals surface area contributed by atoms with E-state index in [1.54, 1.807) is 36.4 Å².